The van der Waals surface area contributed by atoms with Crippen molar-refractivity contribution in [1.82, 2.24) is 9.97 Å². The van der Waals surface area contributed by atoms with Gasteiger partial charge in [-0.15, -0.1) is 0 Å². The molecule has 0 saturated carbocycles. The van der Waals surface area contributed by atoms with Gasteiger partial charge in [0, 0.05) is 11.4 Å². The zero-order valence-corrected chi connectivity index (χ0v) is 8.99. The Kier molecular flexibility index (Phi) is 2.74. The van der Waals surface area contributed by atoms with E-state index in [1.807, 2.05) is 0 Å². The molecule has 0 saturated heterocycles. The highest BCUT2D eigenvalue weighted by Crippen LogP contribution is 2.32. The second kappa shape index (κ2) is 3.96. The second-order valence-corrected chi connectivity index (χ2v) is 3.78. The summed E-state index contributed by atoms with van der Waals surface area (Å²) in [5.41, 5.74) is 5.82. The van der Waals surface area contributed by atoms with Crippen LogP contribution in [-0.4, -0.2) is 9.97 Å². The third kappa shape index (κ3) is 2.21. The first kappa shape index (κ1) is 11.8. The zero-order chi connectivity index (χ0) is 12.6. The maximum absolute atomic E-state index is 12.6. The smallest absolute Gasteiger partial charge is 0.323 e. The lowest BCUT2D eigenvalue weighted by Gasteiger charge is -2.11. The molecule has 0 fully saturated rings. The van der Waals surface area contributed by atoms with Gasteiger partial charge in [0.2, 0.25) is 0 Å². The van der Waals surface area contributed by atoms with Crippen LogP contribution in [0, 0.1) is 0 Å². The minimum absolute atomic E-state index is 0.345. The quantitative estimate of drug-likeness (QED) is 0.835. The predicted molar refractivity (Wildman–Crippen MR) is 57.1 cm³/mol. The Morgan fingerprint density at radius 1 is 1.24 bits per heavy atom. The molecular formula is C11H10F3N3. The highest BCUT2D eigenvalue weighted by molar-refractivity contribution is 5.81. The van der Waals surface area contributed by atoms with Crippen molar-refractivity contribution < 1.29 is 13.2 Å². The number of benzene rings is 1. The van der Waals surface area contributed by atoms with Crippen LogP contribution < -0.4 is 5.73 Å². The molecule has 17 heavy (non-hydrogen) atoms. The van der Waals surface area contributed by atoms with E-state index in [0.717, 1.165) is 12.1 Å². The molecule has 0 radical (unpaired) electrons. The molecule has 3 nitrogen and oxygen atoms in total. The zero-order valence-electron chi connectivity index (χ0n) is 8.99. The van der Waals surface area contributed by atoms with Crippen molar-refractivity contribution in [3.05, 3.63) is 35.8 Å². The van der Waals surface area contributed by atoms with E-state index in [4.69, 9.17) is 5.73 Å². The van der Waals surface area contributed by atoms with E-state index >= 15 is 0 Å². The fourth-order valence-electron chi connectivity index (χ4n) is 1.62. The standard InChI is InChI=1S/C11H10F3N3/c1-6(15)10-8-4-7(11(12,13)14)2-3-9(8)16-5-17-10/h2-6H,15H2,1H3. The van der Waals surface area contributed by atoms with Crippen LogP contribution in [0.1, 0.15) is 24.2 Å². The van der Waals surface area contributed by atoms with Gasteiger partial charge in [0.05, 0.1) is 16.8 Å². The van der Waals surface area contributed by atoms with Gasteiger partial charge < -0.3 is 5.73 Å². The van der Waals surface area contributed by atoms with Crippen molar-refractivity contribution in [2.24, 2.45) is 5.73 Å². The molecule has 1 heterocycles. The summed E-state index contributed by atoms with van der Waals surface area (Å²) in [4.78, 5) is 7.84. The topological polar surface area (TPSA) is 51.8 Å². The summed E-state index contributed by atoms with van der Waals surface area (Å²) in [6.45, 7) is 1.67. The molecule has 2 N–H and O–H groups in total. The van der Waals surface area contributed by atoms with Crippen LogP contribution in [-0.2, 0) is 6.18 Å². The van der Waals surface area contributed by atoms with Gasteiger partial charge in [-0.05, 0) is 25.1 Å². The number of fused-ring (bicyclic) bond motifs is 1. The van der Waals surface area contributed by atoms with Crippen molar-refractivity contribution in [3.8, 4) is 0 Å². The molecule has 0 aliphatic rings. The molecule has 2 rings (SSSR count). The van der Waals surface area contributed by atoms with Gasteiger partial charge in [-0.3, -0.25) is 0 Å². The SMILES string of the molecule is CC(N)c1ncnc2ccc(C(F)(F)F)cc12. The van der Waals surface area contributed by atoms with E-state index in [0.29, 0.717) is 16.6 Å². The van der Waals surface area contributed by atoms with E-state index in [1.165, 1.54) is 12.4 Å². The number of hydrogen-bond donors (Lipinski definition) is 1. The third-order valence-corrected chi connectivity index (χ3v) is 2.42. The Bertz CT molecular complexity index is 549. The van der Waals surface area contributed by atoms with Crippen molar-refractivity contribution in [2.75, 3.05) is 0 Å². The molecule has 2 aromatic rings. The highest BCUT2D eigenvalue weighted by Gasteiger charge is 2.30. The Morgan fingerprint density at radius 3 is 2.53 bits per heavy atom. The van der Waals surface area contributed by atoms with Crippen molar-refractivity contribution in [3.63, 3.8) is 0 Å². The first-order chi connectivity index (χ1) is 7.89. The fourth-order valence-corrected chi connectivity index (χ4v) is 1.62. The minimum Gasteiger partial charge on any atom is -0.323 e. The number of nitrogens with zero attached hydrogens (tertiary/aromatic N) is 2. The molecular weight excluding hydrogens is 231 g/mol. The Morgan fingerprint density at radius 2 is 1.94 bits per heavy atom. The Hall–Kier alpha value is -1.69. The monoisotopic (exact) mass is 241 g/mol. The highest BCUT2D eigenvalue weighted by atomic mass is 19.4. The fraction of sp³-hybridized carbons (Fsp3) is 0.273. The lowest BCUT2D eigenvalue weighted by atomic mass is 10.1. The molecule has 0 spiro atoms. The normalized spacial score (nSPS) is 13.9. The summed E-state index contributed by atoms with van der Waals surface area (Å²) in [6.07, 6.45) is -3.08. The van der Waals surface area contributed by atoms with Gasteiger partial charge in [0.25, 0.3) is 0 Å². The Balaban J connectivity index is 2.70. The molecule has 90 valence electrons. The third-order valence-electron chi connectivity index (χ3n) is 2.42. The van der Waals surface area contributed by atoms with E-state index in [9.17, 15) is 13.2 Å². The largest absolute Gasteiger partial charge is 0.416 e. The summed E-state index contributed by atoms with van der Waals surface area (Å²) in [5.74, 6) is 0. The van der Waals surface area contributed by atoms with Crippen LogP contribution in [0.4, 0.5) is 13.2 Å². The van der Waals surface area contributed by atoms with E-state index in [1.54, 1.807) is 6.92 Å². The summed E-state index contributed by atoms with van der Waals surface area (Å²) < 4.78 is 37.7. The van der Waals surface area contributed by atoms with E-state index in [-0.39, 0.29) is 0 Å². The minimum atomic E-state index is -4.38. The van der Waals surface area contributed by atoms with Crippen LogP contribution in [0.2, 0.25) is 0 Å². The average molecular weight is 241 g/mol. The van der Waals surface area contributed by atoms with E-state index < -0.39 is 17.8 Å². The summed E-state index contributed by atoms with van der Waals surface area (Å²) >= 11 is 0. The number of nitrogens with two attached hydrogens (primary N) is 1. The first-order valence-corrected chi connectivity index (χ1v) is 4.97. The average Bonchev–Trinajstić information content (AvgIpc) is 2.26. The lowest BCUT2D eigenvalue weighted by Crippen LogP contribution is -2.10. The van der Waals surface area contributed by atoms with Crippen molar-refractivity contribution >= 4 is 10.9 Å². The number of hydrogen-bond acceptors (Lipinski definition) is 3. The first-order valence-electron chi connectivity index (χ1n) is 4.97. The lowest BCUT2D eigenvalue weighted by molar-refractivity contribution is -0.137. The summed E-state index contributed by atoms with van der Waals surface area (Å²) in [7, 11) is 0. The van der Waals surface area contributed by atoms with Gasteiger partial charge in [0.1, 0.15) is 6.33 Å². The van der Waals surface area contributed by atoms with Gasteiger partial charge in [0.15, 0.2) is 0 Å². The van der Waals surface area contributed by atoms with E-state index in [2.05, 4.69) is 9.97 Å². The van der Waals surface area contributed by atoms with Crippen LogP contribution in [0.5, 0.6) is 0 Å². The molecule has 0 aliphatic carbocycles. The van der Waals surface area contributed by atoms with Gasteiger partial charge >= 0.3 is 6.18 Å². The second-order valence-electron chi connectivity index (χ2n) is 3.78. The molecule has 1 unspecified atom stereocenters. The maximum atomic E-state index is 12.6. The predicted octanol–water partition coefficient (Wildman–Crippen LogP) is 2.67. The number of rotatable bonds is 1. The molecule has 1 aromatic carbocycles. The molecule has 6 heteroatoms. The molecule has 0 aliphatic heterocycles. The molecule has 0 bridgehead atoms. The summed E-state index contributed by atoms with van der Waals surface area (Å²) in [6, 6.07) is 2.92. The van der Waals surface area contributed by atoms with Crippen LogP contribution in [0.15, 0.2) is 24.5 Å². The van der Waals surface area contributed by atoms with Crippen LogP contribution >= 0.6 is 0 Å². The Labute approximate surface area is 95.5 Å². The molecule has 0 amide bonds. The van der Waals surface area contributed by atoms with Gasteiger partial charge in [-0.1, -0.05) is 0 Å². The maximum Gasteiger partial charge on any atom is 0.416 e. The van der Waals surface area contributed by atoms with Gasteiger partial charge in [-0.25, -0.2) is 9.97 Å². The molecule has 1 atom stereocenters. The summed E-state index contributed by atoms with van der Waals surface area (Å²) in [5, 5.41) is 0.345. The number of halogens is 3. The van der Waals surface area contributed by atoms with Gasteiger partial charge in [-0.2, -0.15) is 13.2 Å². The van der Waals surface area contributed by atoms with Crippen LogP contribution in [0.3, 0.4) is 0 Å². The molecule has 1 aromatic heterocycles. The number of alkyl halides is 3. The van der Waals surface area contributed by atoms with Crippen LogP contribution in [0.25, 0.3) is 10.9 Å². The van der Waals surface area contributed by atoms with Crippen molar-refractivity contribution in [2.45, 2.75) is 19.1 Å². The van der Waals surface area contributed by atoms with Crippen molar-refractivity contribution in [1.29, 1.82) is 0 Å². The number of aromatic nitrogens is 2.